The standard InChI is InChI=1S/C22H35NO4/c1-7-20(4)12-16(27-19(23)25)21(5)13(2)8-10-22(14(3)18(20)24)11-9-15(26-6)17(21)22/h7,13-17H,1,8-12H2,2-6H3,(H2,23,25)/t13-,14+,15-,16-,17-,20-,21+,22+/m1/s1. The van der Waals surface area contributed by atoms with E-state index < -0.39 is 17.6 Å². The van der Waals surface area contributed by atoms with E-state index in [0.29, 0.717) is 12.3 Å². The molecule has 152 valence electrons. The fourth-order valence-electron chi connectivity index (χ4n) is 6.93. The average Bonchev–Trinajstić information content (AvgIpc) is 3.02. The van der Waals surface area contributed by atoms with Crippen molar-refractivity contribution in [3.8, 4) is 0 Å². The number of primary amides is 1. The molecule has 0 aliphatic heterocycles. The lowest BCUT2D eigenvalue weighted by Gasteiger charge is -2.61. The highest BCUT2D eigenvalue weighted by atomic mass is 16.6. The molecule has 3 saturated carbocycles. The number of rotatable bonds is 3. The van der Waals surface area contributed by atoms with Crippen LogP contribution in [0.15, 0.2) is 12.7 Å². The van der Waals surface area contributed by atoms with Gasteiger partial charge in [-0.3, -0.25) is 4.79 Å². The van der Waals surface area contributed by atoms with E-state index in [4.69, 9.17) is 15.2 Å². The summed E-state index contributed by atoms with van der Waals surface area (Å²) in [6, 6.07) is 0. The quantitative estimate of drug-likeness (QED) is 0.751. The fourth-order valence-corrected chi connectivity index (χ4v) is 6.93. The van der Waals surface area contributed by atoms with Crippen molar-refractivity contribution < 1.29 is 19.1 Å². The molecular formula is C22H35NO4. The number of hydrogen-bond donors (Lipinski definition) is 1. The van der Waals surface area contributed by atoms with Crippen LogP contribution in [0.2, 0.25) is 0 Å². The van der Waals surface area contributed by atoms with Gasteiger partial charge in [0.1, 0.15) is 11.9 Å². The van der Waals surface area contributed by atoms with Crippen LogP contribution < -0.4 is 5.73 Å². The number of ketones is 1. The van der Waals surface area contributed by atoms with Gasteiger partial charge in [-0.15, -0.1) is 6.58 Å². The van der Waals surface area contributed by atoms with Gasteiger partial charge >= 0.3 is 6.09 Å². The first-order valence-corrected chi connectivity index (χ1v) is 10.2. The largest absolute Gasteiger partial charge is 0.446 e. The van der Waals surface area contributed by atoms with Gasteiger partial charge in [0.25, 0.3) is 0 Å². The number of Topliss-reactive ketones (excluding diaryl/α,β-unsaturated/α-hetero) is 1. The molecule has 0 aromatic carbocycles. The van der Waals surface area contributed by atoms with Crippen LogP contribution in [0.4, 0.5) is 4.79 Å². The van der Waals surface area contributed by atoms with Crippen molar-refractivity contribution in [2.24, 2.45) is 39.7 Å². The van der Waals surface area contributed by atoms with Gasteiger partial charge in [0.15, 0.2) is 0 Å². The summed E-state index contributed by atoms with van der Waals surface area (Å²) >= 11 is 0. The Bertz CT molecular complexity index is 648. The molecule has 3 fully saturated rings. The molecule has 3 aliphatic carbocycles. The molecule has 0 saturated heterocycles. The average molecular weight is 378 g/mol. The lowest BCUT2D eigenvalue weighted by atomic mass is 9.44. The molecule has 0 spiro atoms. The second-order valence-corrected chi connectivity index (χ2v) is 9.67. The zero-order chi connectivity index (χ0) is 20.2. The molecule has 1 amide bonds. The Hall–Kier alpha value is -1.36. The second-order valence-electron chi connectivity index (χ2n) is 9.67. The Morgan fingerprint density at radius 3 is 2.44 bits per heavy atom. The molecule has 0 heterocycles. The number of ether oxygens (including phenoxy) is 2. The van der Waals surface area contributed by atoms with Gasteiger partial charge in [0.05, 0.1) is 6.10 Å². The molecule has 0 unspecified atom stereocenters. The Balaban J connectivity index is 2.24. The van der Waals surface area contributed by atoms with Crippen LogP contribution >= 0.6 is 0 Å². The minimum absolute atomic E-state index is 0.0695. The van der Waals surface area contributed by atoms with Crippen molar-refractivity contribution in [2.45, 2.75) is 72.0 Å². The number of methoxy groups -OCH3 is 1. The van der Waals surface area contributed by atoms with Gasteiger partial charge in [-0.1, -0.05) is 26.8 Å². The molecule has 5 nitrogen and oxygen atoms in total. The van der Waals surface area contributed by atoms with Gasteiger partial charge in [0.2, 0.25) is 0 Å². The van der Waals surface area contributed by atoms with Crippen LogP contribution in [-0.2, 0) is 14.3 Å². The number of allylic oxidation sites excluding steroid dienone is 1. The zero-order valence-corrected chi connectivity index (χ0v) is 17.4. The lowest BCUT2D eigenvalue weighted by molar-refractivity contribution is -0.188. The summed E-state index contributed by atoms with van der Waals surface area (Å²) < 4.78 is 11.7. The number of carbonyl (C=O) groups excluding carboxylic acids is 2. The van der Waals surface area contributed by atoms with Gasteiger partial charge in [-0.25, -0.2) is 4.79 Å². The molecule has 2 N–H and O–H groups in total. The van der Waals surface area contributed by atoms with E-state index in [2.05, 4.69) is 27.4 Å². The van der Waals surface area contributed by atoms with E-state index in [0.717, 1.165) is 25.7 Å². The molecule has 3 aliphatic rings. The lowest BCUT2D eigenvalue weighted by Crippen LogP contribution is -2.63. The van der Waals surface area contributed by atoms with Crippen molar-refractivity contribution in [2.75, 3.05) is 7.11 Å². The Labute approximate surface area is 163 Å². The first-order valence-electron chi connectivity index (χ1n) is 10.2. The van der Waals surface area contributed by atoms with E-state index in [1.807, 2.05) is 6.92 Å². The maximum atomic E-state index is 13.6. The molecule has 3 rings (SSSR count). The fraction of sp³-hybridized carbons (Fsp3) is 0.818. The van der Waals surface area contributed by atoms with Crippen LogP contribution in [0.5, 0.6) is 0 Å². The van der Waals surface area contributed by atoms with Crippen LogP contribution in [0.3, 0.4) is 0 Å². The van der Waals surface area contributed by atoms with E-state index in [1.165, 1.54) is 0 Å². The number of carbonyl (C=O) groups is 2. The minimum atomic E-state index is -0.774. The first-order chi connectivity index (χ1) is 12.6. The van der Waals surface area contributed by atoms with Crippen molar-refractivity contribution in [1.29, 1.82) is 0 Å². The van der Waals surface area contributed by atoms with Crippen molar-refractivity contribution in [3.05, 3.63) is 12.7 Å². The summed E-state index contributed by atoms with van der Waals surface area (Å²) in [6.07, 6.45) is 4.97. The number of hydrogen-bond acceptors (Lipinski definition) is 4. The molecule has 0 aromatic rings. The summed E-state index contributed by atoms with van der Waals surface area (Å²) in [7, 11) is 1.76. The third-order valence-corrected chi connectivity index (χ3v) is 8.79. The summed E-state index contributed by atoms with van der Waals surface area (Å²) in [5.41, 5.74) is 4.32. The second kappa shape index (κ2) is 6.61. The van der Waals surface area contributed by atoms with Crippen molar-refractivity contribution >= 4 is 11.9 Å². The molecule has 0 aromatic heterocycles. The summed E-state index contributed by atoms with van der Waals surface area (Å²) in [4.78, 5) is 25.4. The van der Waals surface area contributed by atoms with Crippen molar-refractivity contribution in [1.82, 2.24) is 0 Å². The predicted octanol–water partition coefficient (Wildman–Crippen LogP) is 4.10. The number of nitrogens with two attached hydrogens (primary N) is 1. The van der Waals surface area contributed by atoms with E-state index >= 15 is 0 Å². The summed E-state index contributed by atoms with van der Waals surface area (Å²) in [5, 5.41) is 0. The number of amides is 1. The van der Waals surface area contributed by atoms with Gasteiger partial charge in [-0.05, 0) is 43.9 Å². The van der Waals surface area contributed by atoms with E-state index in [1.54, 1.807) is 13.2 Å². The van der Waals surface area contributed by atoms with Crippen LogP contribution in [0.1, 0.15) is 59.8 Å². The smallest absolute Gasteiger partial charge is 0.404 e. The summed E-state index contributed by atoms with van der Waals surface area (Å²) in [6.45, 7) is 12.5. The topological polar surface area (TPSA) is 78.6 Å². The highest BCUT2D eigenvalue weighted by Gasteiger charge is 2.68. The molecule has 27 heavy (non-hydrogen) atoms. The first kappa shape index (κ1) is 20.4. The van der Waals surface area contributed by atoms with E-state index in [-0.39, 0.29) is 34.6 Å². The normalized spacial score (nSPS) is 49.7. The van der Waals surface area contributed by atoms with Crippen LogP contribution in [0, 0.1) is 34.0 Å². The maximum Gasteiger partial charge on any atom is 0.404 e. The highest BCUT2D eigenvalue weighted by Crippen LogP contribution is 2.68. The van der Waals surface area contributed by atoms with Gasteiger partial charge in [0, 0.05) is 36.2 Å². The third kappa shape index (κ3) is 2.68. The Kier molecular flexibility index (Phi) is 4.99. The molecule has 2 bridgehead atoms. The third-order valence-electron chi connectivity index (χ3n) is 8.79. The SMILES string of the molecule is C=C[C@]1(C)C[C@@H](OC(N)=O)[C@]2(C)[C@H](C)CC[C@]3(CC[C@@H](OC)[C@@H]32)[C@@H](C)C1=O. The van der Waals surface area contributed by atoms with Crippen LogP contribution in [-0.4, -0.2) is 31.2 Å². The summed E-state index contributed by atoms with van der Waals surface area (Å²) in [5.74, 6) is 0.627. The van der Waals surface area contributed by atoms with E-state index in [9.17, 15) is 9.59 Å². The Morgan fingerprint density at radius 1 is 1.26 bits per heavy atom. The maximum absolute atomic E-state index is 13.6. The molecule has 8 atom stereocenters. The molecule has 5 heteroatoms. The van der Waals surface area contributed by atoms with Gasteiger partial charge in [-0.2, -0.15) is 0 Å². The minimum Gasteiger partial charge on any atom is -0.446 e. The van der Waals surface area contributed by atoms with Crippen LogP contribution in [0.25, 0.3) is 0 Å². The molecule has 0 radical (unpaired) electrons. The Morgan fingerprint density at radius 2 is 1.89 bits per heavy atom. The molecular weight excluding hydrogens is 342 g/mol. The monoisotopic (exact) mass is 377 g/mol. The van der Waals surface area contributed by atoms with Crippen molar-refractivity contribution in [3.63, 3.8) is 0 Å². The highest BCUT2D eigenvalue weighted by molar-refractivity contribution is 5.89. The van der Waals surface area contributed by atoms with Gasteiger partial charge < -0.3 is 15.2 Å². The predicted molar refractivity (Wildman–Crippen MR) is 104 cm³/mol. The zero-order valence-electron chi connectivity index (χ0n) is 17.4.